The number of halogens is 1. The molecule has 2 heterocycles. The van der Waals surface area contributed by atoms with Crippen LogP contribution in [-0.2, 0) is 34.3 Å². The van der Waals surface area contributed by atoms with Crippen molar-refractivity contribution in [1.82, 2.24) is 9.80 Å². The molecule has 5 rings (SSSR count). The van der Waals surface area contributed by atoms with Crippen LogP contribution in [0.4, 0.5) is 9.18 Å². The highest BCUT2D eigenvalue weighted by Crippen LogP contribution is 2.41. The molecule has 8 heteroatoms. The van der Waals surface area contributed by atoms with Crippen molar-refractivity contribution in [1.29, 1.82) is 0 Å². The van der Waals surface area contributed by atoms with Gasteiger partial charge in [0, 0.05) is 32.0 Å². The third-order valence-corrected chi connectivity index (χ3v) is 8.20. The van der Waals surface area contributed by atoms with E-state index in [1.807, 2.05) is 45.0 Å². The van der Waals surface area contributed by atoms with Crippen molar-refractivity contribution >= 4 is 17.8 Å². The molecule has 0 saturated carbocycles. The number of aliphatic carboxylic acids is 1. The number of likely N-dealkylation sites (tertiary alicyclic amines) is 1. The molecule has 0 aromatic heterocycles. The van der Waals surface area contributed by atoms with E-state index in [1.54, 1.807) is 9.80 Å². The Hall–Kier alpha value is -3.42. The molecule has 1 atom stereocenters. The molecule has 202 valence electrons. The van der Waals surface area contributed by atoms with E-state index in [4.69, 9.17) is 9.84 Å². The molecule has 3 aliphatic rings. The minimum atomic E-state index is -0.878. The first-order valence-corrected chi connectivity index (χ1v) is 13.4. The second kappa shape index (κ2) is 10.0. The van der Waals surface area contributed by atoms with Crippen LogP contribution >= 0.6 is 0 Å². The molecule has 0 spiro atoms. The second-order valence-electron chi connectivity index (χ2n) is 11.4. The number of ketones is 1. The van der Waals surface area contributed by atoms with Crippen LogP contribution < -0.4 is 4.74 Å². The molecule has 7 nitrogen and oxygen atoms in total. The van der Waals surface area contributed by atoms with Crippen LogP contribution in [-0.4, -0.2) is 58.9 Å². The second-order valence-corrected chi connectivity index (χ2v) is 11.4. The number of benzene rings is 2. The predicted octanol–water partition coefficient (Wildman–Crippen LogP) is 4.69. The summed E-state index contributed by atoms with van der Waals surface area (Å²) in [6.45, 7) is 7.62. The Morgan fingerprint density at radius 1 is 1.11 bits per heavy atom. The number of carboxylic acid groups (broad SMARTS) is 1. The summed E-state index contributed by atoms with van der Waals surface area (Å²) in [6, 6.07) is 7.98. The maximum absolute atomic E-state index is 15.1. The molecule has 1 fully saturated rings. The number of carboxylic acids is 1. The smallest absolute Gasteiger partial charge is 0.320 e. The van der Waals surface area contributed by atoms with E-state index in [0.717, 1.165) is 40.8 Å². The van der Waals surface area contributed by atoms with Gasteiger partial charge in [0.05, 0.1) is 13.0 Å². The van der Waals surface area contributed by atoms with Crippen LogP contribution in [0.3, 0.4) is 0 Å². The molecule has 38 heavy (non-hydrogen) atoms. The van der Waals surface area contributed by atoms with Crippen molar-refractivity contribution in [3.8, 4) is 5.75 Å². The molecule has 2 aromatic carbocycles. The predicted molar refractivity (Wildman–Crippen MR) is 140 cm³/mol. The molecular formula is C30H35FN2O5. The largest absolute Gasteiger partial charge is 0.494 e. The van der Waals surface area contributed by atoms with Gasteiger partial charge in [0.25, 0.3) is 0 Å². The third-order valence-electron chi connectivity index (χ3n) is 8.20. The fraction of sp³-hybridized carbons (Fsp3) is 0.500. The molecular weight excluding hydrogens is 487 g/mol. The fourth-order valence-corrected chi connectivity index (χ4v) is 6.35. The van der Waals surface area contributed by atoms with Gasteiger partial charge in [-0.3, -0.25) is 9.59 Å². The van der Waals surface area contributed by atoms with Crippen molar-refractivity contribution in [2.75, 3.05) is 26.2 Å². The minimum absolute atomic E-state index is 0.0212. The Morgan fingerprint density at radius 2 is 1.87 bits per heavy atom. The highest BCUT2D eigenvalue weighted by atomic mass is 19.1. The zero-order chi connectivity index (χ0) is 27.2. The summed E-state index contributed by atoms with van der Waals surface area (Å²) >= 11 is 0. The van der Waals surface area contributed by atoms with Crippen molar-refractivity contribution < 1.29 is 28.6 Å². The van der Waals surface area contributed by atoms with Crippen LogP contribution in [0.5, 0.6) is 5.75 Å². The lowest BCUT2D eigenvalue weighted by Gasteiger charge is -2.45. The van der Waals surface area contributed by atoms with Gasteiger partial charge in [-0.2, -0.15) is 0 Å². The average molecular weight is 523 g/mol. The van der Waals surface area contributed by atoms with Crippen LogP contribution in [0.1, 0.15) is 67.5 Å². The van der Waals surface area contributed by atoms with Crippen LogP contribution in [0.25, 0.3) is 0 Å². The Kier molecular flexibility index (Phi) is 6.92. The van der Waals surface area contributed by atoms with Crippen molar-refractivity contribution in [2.45, 2.75) is 64.3 Å². The lowest BCUT2D eigenvalue weighted by Crippen LogP contribution is -2.57. The number of urea groups is 1. The average Bonchev–Trinajstić information content (AvgIpc) is 3.14. The molecule has 0 bridgehead atoms. The van der Waals surface area contributed by atoms with Crippen molar-refractivity contribution in [2.24, 2.45) is 5.92 Å². The highest BCUT2D eigenvalue weighted by Gasteiger charge is 2.41. The number of carbonyl (C=O) groups excluding carboxylic acids is 2. The van der Waals surface area contributed by atoms with Gasteiger partial charge >= 0.3 is 12.0 Å². The molecule has 2 aromatic rings. The van der Waals surface area contributed by atoms with E-state index in [1.165, 1.54) is 6.07 Å². The number of rotatable bonds is 7. The summed E-state index contributed by atoms with van der Waals surface area (Å²) in [7, 11) is 0. The maximum atomic E-state index is 15.1. The van der Waals surface area contributed by atoms with Gasteiger partial charge in [-0.05, 0) is 77.6 Å². The van der Waals surface area contributed by atoms with E-state index < -0.39 is 12.0 Å². The zero-order valence-electron chi connectivity index (χ0n) is 22.3. The molecule has 2 aliphatic heterocycles. The summed E-state index contributed by atoms with van der Waals surface area (Å²) in [4.78, 5) is 41.7. The molecule has 1 saturated heterocycles. The summed E-state index contributed by atoms with van der Waals surface area (Å²) < 4.78 is 20.8. The molecule has 2 amide bonds. The lowest BCUT2D eigenvalue weighted by molar-refractivity contribution is -0.139. The van der Waals surface area contributed by atoms with Gasteiger partial charge in [-0.15, -0.1) is 0 Å². The summed E-state index contributed by atoms with van der Waals surface area (Å²) in [5, 5.41) is 9.06. The Labute approximate surface area is 222 Å². The molecule has 0 radical (unpaired) electrons. The van der Waals surface area contributed by atoms with E-state index in [9.17, 15) is 14.4 Å². The quantitative estimate of drug-likeness (QED) is 0.570. The van der Waals surface area contributed by atoms with E-state index in [-0.39, 0.29) is 41.8 Å². The third kappa shape index (κ3) is 4.88. The van der Waals surface area contributed by atoms with Gasteiger partial charge in [0.15, 0.2) is 5.78 Å². The number of nitrogens with zero attached hydrogens (tertiary/aromatic N) is 2. The number of carbonyl (C=O) groups is 3. The summed E-state index contributed by atoms with van der Waals surface area (Å²) in [5.74, 6) is -0.661. The van der Waals surface area contributed by atoms with Gasteiger partial charge in [-0.1, -0.05) is 26.0 Å². The molecule has 1 N–H and O–H groups in total. The number of ether oxygens (including phenoxy) is 1. The molecule has 1 aliphatic carbocycles. The van der Waals surface area contributed by atoms with Crippen molar-refractivity contribution in [3.63, 3.8) is 0 Å². The van der Waals surface area contributed by atoms with Crippen LogP contribution in [0, 0.1) is 11.7 Å². The first-order valence-electron chi connectivity index (χ1n) is 13.4. The Balaban J connectivity index is 1.42. The first kappa shape index (κ1) is 26.2. The van der Waals surface area contributed by atoms with Crippen molar-refractivity contribution in [3.05, 3.63) is 64.0 Å². The number of aryl methyl sites for hydroxylation is 1. The topological polar surface area (TPSA) is 87.2 Å². The van der Waals surface area contributed by atoms with Gasteiger partial charge in [-0.25, -0.2) is 9.18 Å². The number of amides is 2. The normalized spacial score (nSPS) is 19.9. The van der Waals surface area contributed by atoms with E-state index >= 15 is 4.39 Å². The number of hydrogen-bond donors (Lipinski definition) is 1. The standard InChI is InChI=1S/C30H35FN2O5/c1-4-38-22-5-6-23-20(15-22)8-10-33(29(37)32-16-19(17-32)14-26(35)36)28(23)25(34)13-18-11-21-7-9-30(2,3)27(21)24(31)12-18/h5-6,11-12,15,19,28H,4,7-10,13-14,16-17H2,1-3H3,(H,35,36)/t28-/m1/s1. The maximum Gasteiger partial charge on any atom is 0.320 e. The summed E-state index contributed by atoms with van der Waals surface area (Å²) in [5.41, 5.74) is 3.84. The number of fused-ring (bicyclic) bond motifs is 2. The first-order chi connectivity index (χ1) is 18.1. The van der Waals surface area contributed by atoms with Gasteiger partial charge in [0.1, 0.15) is 17.6 Å². The monoisotopic (exact) mass is 522 g/mol. The Bertz CT molecular complexity index is 1280. The number of Topliss-reactive ketones (excluding diaryl/α,β-unsaturated/α-hetero) is 1. The van der Waals surface area contributed by atoms with Crippen LogP contribution in [0.15, 0.2) is 30.3 Å². The molecule has 0 unspecified atom stereocenters. The van der Waals surface area contributed by atoms with Crippen LogP contribution in [0.2, 0.25) is 0 Å². The number of hydrogen-bond acceptors (Lipinski definition) is 4. The van der Waals surface area contributed by atoms with Gasteiger partial charge < -0.3 is 19.6 Å². The lowest BCUT2D eigenvalue weighted by atomic mass is 9.84. The fourth-order valence-electron chi connectivity index (χ4n) is 6.35. The highest BCUT2D eigenvalue weighted by molar-refractivity contribution is 5.92. The van der Waals surface area contributed by atoms with E-state index in [2.05, 4.69) is 0 Å². The van der Waals surface area contributed by atoms with Gasteiger partial charge in [0.2, 0.25) is 0 Å². The SMILES string of the molecule is CCOc1ccc2c(c1)CCN(C(=O)N1CC(CC(=O)O)C1)[C@H]2C(=O)Cc1cc(F)c2c(c1)CCC2(C)C. The minimum Gasteiger partial charge on any atom is -0.494 e. The van der Waals surface area contributed by atoms with E-state index in [0.29, 0.717) is 38.2 Å². The summed E-state index contributed by atoms with van der Waals surface area (Å²) in [6.07, 6.45) is 2.28. The zero-order valence-corrected chi connectivity index (χ0v) is 22.3. The Morgan fingerprint density at radius 3 is 2.58 bits per heavy atom.